The smallest absolute Gasteiger partial charge is 0.132 e. The van der Waals surface area contributed by atoms with Gasteiger partial charge in [-0.25, -0.2) is 0 Å². The van der Waals surface area contributed by atoms with Gasteiger partial charge in [0.1, 0.15) is 11.5 Å². The van der Waals surface area contributed by atoms with E-state index < -0.39 is 5.41 Å². The third-order valence-electron chi connectivity index (χ3n) is 11.5. The molecule has 0 saturated heterocycles. The lowest BCUT2D eigenvalue weighted by molar-refractivity contribution is 0.437. The summed E-state index contributed by atoms with van der Waals surface area (Å²) in [6.07, 6.45) is 0. The van der Waals surface area contributed by atoms with E-state index in [0.29, 0.717) is 0 Å². The lowest BCUT2D eigenvalue weighted by Gasteiger charge is -2.41. The molecule has 0 N–H and O–H groups in total. The minimum absolute atomic E-state index is 0.646. The maximum Gasteiger partial charge on any atom is 0.132 e. The van der Waals surface area contributed by atoms with Crippen molar-refractivity contribution in [1.29, 1.82) is 0 Å². The van der Waals surface area contributed by atoms with Gasteiger partial charge in [0.05, 0.1) is 11.1 Å². The number of para-hydroxylation sites is 2. The summed E-state index contributed by atoms with van der Waals surface area (Å²) < 4.78 is 6.87. The minimum atomic E-state index is -0.646. The van der Waals surface area contributed by atoms with Crippen LogP contribution in [0.25, 0.3) is 44.2 Å². The number of nitrogens with zero attached hydrogens (tertiary/aromatic N) is 1. The number of fused-ring (bicyclic) bond motifs is 10. The van der Waals surface area contributed by atoms with Crippen LogP contribution in [0.4, 0.5) is 17.1 Å². The number of benzene rings is 9. The van der Waals surface area contributed by atoms with Gasteiger partial charge in [0.2, 0.25) is 0 Å². The van der Waals surface area contributed by atoms with Crippen molar-refractivity contribution in [3.8, 4) is 44.9 Å². The molecule has 55 heavy (non-hydrogen) atoms. The van der Waals surface area contributed by atoms with Crippen molar-refractivity contribution in [2.45, 2.75) is 5.41 Å². The Morgan fingerprint density at radius 3 is 1.73 bits per heavy atom. The average molecular weight is 702 g/mol. The van der Waals surface area contributed by atoms with Crippen molar-refractivity contribution >= 4 is 27.8 Å². The van der Waals surface area contributed by atoms with E-state index in [2.05, 4.69) is 217 Å². The Balaban J connectivity index is 1.24. The van der Waals surface area contributed by atoms with Gasteiger partial charge in [-0.3, -0.25) is 0 Å². The zero-order chi connectivity index (χ0) is 36.3. The Hall–Kier alpha value is -7.16. The fraction of sp³-hybridized carbons (Fsp3) is 0.0189. The van der Waals surface area contributed by atoms with E-state index in [4.69, 9.17) is 4.74 Å². The highest BCUT2D eigenvalue weighted by Gasteiger charge is 2.52. The molecule has 2 aliphatic rings. The highest BCUT2D eigenvalue weighted by Crippen LogP contribution is 2.64. The largest absolute Gasteiger partial charge is 0.457 e. The molecule has 0 aromatic heterocycles. The summed E-state index contributed by atoms with van der Waals surface area (Å²) in [6.45, 7) is 0. The van der Waals surface area contributed by atoms with Crippen LogP contribution in [0.15, 0.2) is 212 Å². The van der Waals surface area contributed by atoms with E-state index in [9.17, 15) is 0 Å². The molecule has 1 aliphatic carbocycles. The standard InChI is InChI=1S/C53H35NO/c1-3-17-37(18-4-1)42-22-10-13-27-49(42)54(40-31-30-36-16-7-8-21-39(36)34-40)41-32-33-45-44-23-9-11-25-46(44)53(48(45)35-41)47-26-12-14-28-50(47)55-51-29-15-24-43(52(51)53)38-19-5-2-6-20-38/h1-35H. The minimum Gasteiger partial charge on any atom is -0.457 e. The molecule has 1 unspecified atom stereocenters. The Morgan fingerprint density at radius 1 is 0.345 bits per heavy atom. The normalized spacial score (nSPS) is 14.8. The molecule has 1 spiro atoms. The Kier molecular flexibility index (Phi) is 7.11. The molecule has 1 atom stereocenters. The number of ether oxygens (including phenoxy) is 1. The second-order valence-corrected chi connectivity index (χ2v) is 14.4. The van der Waals surface area contributed by atoms with E-state index in [1.807, 2.05) is 0 Å². The lowest BCUT2D eigenvalue weighted by atomic mass is 9.64. The van der Waals surface area contributed by atoms with Gasteiger partial charge in [-0.05, 0) is 92.2 Å². The van der Waals surface area contributed by atoms with E-state index >= 15 is 0 Å². The fourth-order valence-electron chi connectivity index (χ4n) is 9.22. The molecule has 1 heterocycles. The first-order valence-corrected chi connectivity index (χ1v) is 18.9. The first-order chi connectivity index (χ1) is 27.3. The molecule has 9 aromatic rings. The van der Waals surface area contributed by atoms with Gasteiger partial charge in [0, 0.05) is 28.1 Å². The molecule has 9 aromatic carbocycles. The molecule has 0 bridgehead atoms. The number of hydrogen-bond acceptors (Lipinski definition) is 2. The molecule has 1 aliphatic heterocycles. The van der Waals surface area contributed by atoms with Crippen LogP contribution in [0, 0.1) is 0 Å². The topological polar surface area (TPSA) is 12.5 Å². The van der Waals surface area contributed by atoms with Gasteiger partial charge in [0.15, 0.2) is 0 Å². The van der Waals surface area contributed by atoms with Gasteiger partial charge in [-0.15, -0.1) is 0 Å². The highest BCUT2D eigenvalue weighted by molar-refractivity contribution is 5.96. The zero-order valence-corrected chi connectivity index (χ0v) is 30.1. The summed E-state index contributed by atoms with van der Waals surface area (Å²) in [4.78, 5) is 2.45. The summed E-state index contributed by atoms with van der Waals surface area (Å²) >= 11 is 0. The molecule has 2 nitrogen and oxygen atoms in total. The van der Waals surface area contributed by atoms with Crippen molar-refractivity contribution in [2.75, 3.05) is 4.90 Å². The van der Waals surface area contributed by atoms with Crippen LogP contribution >= 0.6 is 0 Å². The Labute approximate surface area is 321 Å². The second kappa shape index (κ2) is 12.5. The van der Waals surface area contributed by atoms with Crippen LogP contribution in [0.3, 0.4) is 0 Å². The van der Waals surface area contributed by atoms with E-state index in [0.717, 1.165) is 34.1 Å². The summed E-state index contributed by atoms with van der Waals surface area (Å²) in [6, 6.07) is 76.9. The van der Waals surface area contributed by atoms with Crippen LogP contribution in [-0.2, 0) is 5.41 Å². The van der Waals surface area contributed by atoms with Crippen LogP contribution in [-0.4, -0.2) is 0 Å². The van der Waals surface area contributed by atoms with E-state index in [1.54, 1.807) is 0 Å². The molecular formula is C53H35NO. The van der Waals surface area contributed by atoms with Crippen molar-refractivity contribution < 1.29 is 4.74 Å². The van der Waals surface area contributed by atoms with Crippen molar-refractivity contribution in [2.24, 2.45) is 0 Å². The van der Waals surface area contributed by atoms with Gasteiger partial charge < -0.3 is 9.64 Å². The van der Waals surface area contributed by atoms with Crippen LogP contribution < -0.4 is 9.64 Å². The zero-order valence-electron chi connectivity index (χ0n) is 30.1. The highest BCUT2D eigenvalue weighted by atomic mass is 16.5. The predicted molar refractivity (Wildman–Crippen MR) is 227 cm³/mol. The third kappa shape index (κ3) is 4.75. The molecule has 0 saturated carbocycles. The summed E-state index contributed by atoms with van der Waals surface area (Å²) in [5.41, 5.74) is 14.7. The molecule has 0 radical (unpaired) electrons. The van der Waals surface area contributed by atoms with Gasteiger partial charge >= 0.3 is 0 Å². The molecule has 2 heteroatoms. The maximum atomic E-state index is 6.87. The summed E-state index contributed by atoms with van der Waals surface area (Å²) in [5, 5.41) is 2.42. The molecule has 258 valence electrons. The Morgan fingerprint density at radius 2 is 0.909 bits per heavy atom. The third-order valence-corrected chi connectivity index (χ3v) is 11.5. The van der Waals surface area contributed by atoms with Crippen LogP contribution in [0.2, 0.25) is 0 Å². The molecule has 11 rings (SSSR count). The summed E-state index contributed by atoms with van der Waals surface area (Å²) in [5.74, 6) is 1.77. The quantitative estimate of drug-likeness (QED) is 0.177. The van der Waals surface area contributed by atoms with Crippen molar-refractivity contribution in [3.05, 3.63) is 235 Å². The molecule has 0 fully saturated rings. The van der Waals surface area contributed by atoms with Gasteiger partial charge in [-0.1, -0.05) is 170 Å². The summed E-state index contributed by atoms with van der Waals surface area (Å²) in [7, 11) is 0. The first-order valence-electron chi connectivity index (χ1n) is 18.9. The van der Waals surface area contributed by atoms with Crippen molar-refractivity contribution in [3.63, 3.8) is 0 Å². The lowest BCUT2D eigenvalue weighted by Crippen LogP contribution is -2.33. The number of anilines is 3. The fourth-order valence-corrected chi connectivity index (χ4v) is 9.22. The predicted octanol–water partition coefficient (Wildman–Crippen LogP) is 14.1. The number of hydrogen-bond donors (Lipinski definition) is 0. The van der Waals surface area contributed by atoms with Gasteiger partial charge in [0.25, 0.3) is 0 Å². The molecule has 0 amide bonds. The first kappa shape index (κ1) is 31.4. The van der Waals surface area contributed by atoms with E-state index in [1.165, 1.54) is 60.8 Å². The van der Waals surface area contributed by atoms with Crippen LogP contribution in [0.1, 0.15) is 22.3 Å². The van der Waals surface area contributed by atoms with E-state index in [-0.39, 0.29) is 0 Å². The molecular weight excluding hydrogens is 667 g/mol. The SMILES string of the molecule is c1ccc(-c2ccccc2N(c2ccc3c(c2)C2(c4ccccc4Oc4cccc(-c5ccccc5)c42)c2ccccc2-3)c2ccc3ccccc3c2)cc1. The Bertz CT molecular complexity index is 2910. The maximum absolute atomic E-state index is 6.87. The second-order valence-electron chi connectivity index (χ2n) is 14.4. The van der Waals surface area contributed by atoms with Gasteiger partial charge in [-0.2, -0.15) is 0 Å². The monoisotopic (exact) mass is 701 g/mol. The van der Waals surface area contributed by atoms with Crippen LogP contribution in [0.5, 0.6) is 11.5 Å². The van der Waals surface area contributed by atoms with Crippen molar-refractivity contribution in [1.82, 2.24) is 0 Å². The average Bonchev–Trinajstić information content (AvgIpc) is 3.54. The number of rotatable bonds is 5.